The van der Waals surface area contributed by atoms with Gasteiger partial charge in [0.1, 0.15) is 0 Å². The molecule has 1 fully saturated rings. The number of nitrogens with zero attached hydrogens (tertiary/aromatic N) is 6. The van der Waals surface area contributed by atoms with Gasteiger partial charge in [-0.25, -0.2) is 4.68 Å². The molecule has 2 aromatic heterocycles. The zero-order valence-electron chi connectivity index (χ0n) is 16.2. The highest BCUT2D eigenvalue weighted by Crippen LogP contribution is 2.23. The van der Waals surface area contributed by atoms with Crippen LogP contribution in [-0.2, 0) is 0 Å². The lowest BCUT2D eigenvalue weighted by atomic mass is 10.1. The molecule has 4 rings (SSSR count). The van der Waals surface area contributed by atoms with Crippen molar-refractivity contribution in [3.05, 3.63) is 65.5 Å². The SMILES string of the molecule is Cc1cc(C)n(-c2ccc(N3CCN(C(C)c4ccccc4)CC3)nn2)n1. The minimum absolute atomic E-state index is 0.438. The minimum atomic E-state index is 0.438. The molecule has 27 heavy (non-hydrogen) atoms. The van der Waals surface area contributed by atoms with Crippen LogP contribution in [0.2, 0.25) is 0 Å². The van der Waals surface area contributed by atoms with E-state index < -0.39 is 0 Å². The average Bonchev–Trinajstić information content (AvgIpc) is 3.06. The van der Waals surface area contributed by atoms with E-state index in [-0.39, 0.29) is 0 Å². The zero-order valence-corrected chi connectivity index (χ0v) is 16.2. The van der Waals surface area contributed by atoms with E-state index >= 15 is 0 Å². The van der Waals surface area contributed by atoms with Crippen LogP contribution in [-0.4, -0.2) is 51.1 Å². The zero-order chi connectivity index (χ0) is 18.8. The van der Waals surface area contributed by atoms with Crippen LogP contribution in [0.15, 0.2) is 48.5 Å². The predicted octanol–water partition coefficient (Wildman–Crippen LogP) is 3.16. The summed E-state index contributed by atoms with van der Waals surface area (Å²) >= 11 is 0. The molecule has 3 aromatic rings. The lowest BCUT2D eigenvalue weighted by molar-refractivity contribution is 0.198. The molecule has 1 aromatic carbocycles. The van der Waals surface area contributed by atoms with Crippen molar-refractivity contribution in [2.45, 2.75) is 26.8 Å². The summed E-state index contributed by atoms with van der Waals surface area (Å²) in [6.07, 6.45) is 0. The smallest absolute Gasteiger partial charge is 0.176 e. The first kappa shape index (κ1) is 17.7. The molecular weight excluding hydrogens is 336 g/mol. The van der Waals surface area contributed by atoms with Crippen molar-refractivity contribution in [1.29, 1.82) is 0 Å². The van der Waals surface area contributed by atoms with Gasteiger partial charge < -0.3 is 4.90 Å². The van der Waals surface area contributed by atoms with Gasteiger partial charge in [0.25, 0.3) is 0 Å². The molecule has 0 spiro atoms. The first-order valence-corrected chi connectivity index (χ1v) is 9.53. The molecule has 0 bridgehead atoms. The maximum absolute atomic E-state index is 4.47. The molecule has 1 saturated heterocycles. The van der Waals surface area contributed by atoms with Gasteiger partial charge in [-0.2, -0.15) is 5.10 Å². The van der Waals surface area contributed by atoms with Crippen molar-refractivity contribution in [3.63, 3.8) is 0 Å². The Morgan fingerprint density at radius 1 is 0.852 bits per heavy atom. The molecular formula is C21H26N6. The van der Waals surface area contributed by atoms with Crippen LogP contribution in [0.5, 0.6) is 0 Å². The van der Waals surface area contributed by atoms with Gasteiger partial charge in [0.2, 0.25) is 0 Å². The number of aromatic nitrogens is 4. The molecule has 140 valence electrons. The average molecular weight is 362 g/mol. The van der Waals surface area contributed by atoms with E-state index in [0.717, 1.165) is 49.2 Å². The van der Waals surface area contributed by atoms with E-state index in [2.05, 4.69) is 68.4 Å². The Morgan fingerprint density at radius 2 is 1.52 bits per heavy atom. The quantitative estimate of drug-likeness (QED) is 0.714. The Kier molecular flexibility index (Phi) is 4.90. The van der Waals surface area contributed by atoms with Gasteiger partial charge in [0.15, 0.2) is 11.6 Å². The molecule has 6 nitrogen and oxygen atoms in total. The highest BCUT2D eigenvalue weighted by atomic mass is 15.4. The highest BCUT2D eigenvalue weighted by molar-refractivity contribution is 5.40. The molecule has 1 aliphatic heterocycles. The Bertz CT molecular complexity index is 879. The number of hydrogen-bond donors (Lipinski definition) is 0. The fourth-order valence-electron chi connectivity index (χ4n) is 3.74. The molecule has 0 aliphatic carbocycles. The fourth-order valence-corrected chi connectivity index (χ4v) is 3.74. The number of piperazine rings is 1. The molecule has 3 heterocycles. The van der Waals surface area contributed by atoms with Gasteiger partial charge in [0, 0.05) is 37.9 Å². The van der Waals surface area contributed by atoms with Gasteiger partial charge in [0.05, 0.1) is 5.69 Å². The van der Waals surface area contributed by atoms with E-state index in [0.29, 0.717) is 6.04 Å². The number of anilines is 1. The highest BCUT2D eigenvalue weighted by Gasteiger charge is 2.23. The summed E-state index contributed by atoms with van der Waals surface area (Å²) in [7, 11) is 0. The monoisotopic (exact) mass is 362 g/mol. The van der Waals surface area contributed by atoms with Gasteiger partial charge >= 0.3 is 0 Å². The molecule has 0 amide bonds. The summed E-state index contributed by atoms with van der Waals surface area (Å²) in [5, 5.41) is 13.3. The predicted molar refractivity (Wildman–Crippen MR) is 107 cm³/mol. The van der Waals surface area contributed by atoms with E-state index in [4.69, 9.17) is 0 Å². The maximum Gasteiger partial charge on any atom is 0.176 e. The summed E-state index contributed by atoms with van der Waals surface area (Å²) in [5.74, 6) is 1.70. The normalized spacial score (nSPS) is 16.5. The standard InChI is InChI=1S/C21H26N6/c1-16-15-17(2)27(24-16)21-10-9-20(22-23-21)26-13-11-25(12-14-26)18(3)19-7-5-4-6-8-19/h4-10,15,18H,11-14H2,1-3H3. The lowest BCUT2D eigenvalue weighted by Crippen LogP contribution is -2.47. The summed E-state index contributed by atoms with van der Waals surface area (Å²) in [6.45, 7) is 10.3. The van der Waals surface area contributed by atoms with E-state index in [9.17, 15) is 0 Å². The number of benzene rings is 1. The van der Waals surface area contributed by atoms with Gasteiger partial charge in [-0.3, -0.25) is 4.90 Å². The van der Waals surface area contributed by atoms with Crippen LogP contribution in [0.3, 0.4) is 0 Å². The Hall–Kier alpha value is -2.73. The minimum Gasteiger partial charge on any atom is -0.353 e. The molecule has 1 unspecified atom stereocenters. The third-order valence-corrected chi connectivity index (χ3v) is 5.33. The number of rotatable bonds is 4. The summed E-state index contributed by atoms with van der Waals surface area (Å²) in [4.78, 5) is 4.84. The van der Waals surface area contributed by atoms with Crippen molar-refractivity contribution in [1.82, 2.24) is 24.9 Å². The third kappa shape index (κ3) is 3.71. The van der Waals surface area contributed by atoms with Crippen molar-refractivity contribution in [2.24, 2.45) is 0 Å². The Morgan fingerprint density at radius 3 is 2.11 bits per heavy atom. The summed E-state index contributed by atoms with van der Waals surface area (Å²) < 4.78 is 1.84. The van der Waals surface area contributed by atoms with Crippen LogP contribution in [0.4, 0.5) is 5.82 Å². The molecule has 6 heteroatoms. The van der Waals surface area contributed by atoms with Crippen LogP contribution in [0.25, 0.3) is 5.82 Å². The van der Waals surface area contributed by atoms with E-state index in [1.54, 1.807) is 0 Å². The van der Waals surface area contributed by atoms with Crippen molar-refractivity contribution in [2.75, 3.05) is 31.1 Å². The second kappa shape index (κ2) is 7.48. The fraction of sp³-hybridized carbons (Fsp3) is 0.381. The van der Waals surface area contributed by atoms with Crippen molar-refractivity contribution >= 4 is 5.82 Å². The molecule has 1 aliphatic rings. The largest absolute Gasteiger partial charge is 0.353 e. The first-order valence-electron chi connectivity index (χ1n) is 9.53. The third-order valence-electron chi connectivity index (χ3n) is 5.33. The van der Waals surface area contributed by atoms with Gasteiger partial charge in [-0.15, -0.1) is 10.2 Å². The summed E-state index contributed by atoms with van der Waals surface area (Å²) in [5.41, 5.74) is 3.43. The van der Waals surface area contributed by atoms with Crippen LogP contribution in [0.1, 0.15) is 29.9 Å². The number of hydrogen-bond acceptors (Lipinski definition) is 5. The Labute approximate surface area is 160 Å². The van der Waals surface area contributed by atoms with Crippen LogP contribution >= 0.6 is 0 Å². The topological polar surface area (TPSA) is 50.1 Å². The van der Waals surface area contributed by atoms with Gasteiger partial charge in [-0.1, -0.05) is 30.3 Å². The van der Waals surface area contributed by atoms with Crippen molar-refractivity contribution in [3.8, 4) is 5.82 Å². The van der Waals surface area contributed by atoms with Crippen molar-refractivity contribution < 1.29 is 0 Å². The van der Waals surface area contributed by atoms with Gasteiger partial charge in [-0.05, 0) is 44.5 Å². The lowest BCUT2D eigenvalue weighted by Gasteiger charge is -2.38. The van der Waals surface area contributed by atoms with E-state index in [1.165, 1.54) is 5.56 Å². The Balaban J connectivity index is 1.40. The maximum atomic E-state index is 4.47. The summed E-state index contributed by atoms with van der Waals surface area (Å²) in [6, 6.07) is 17.2. The molecule has 0 radical (unpaired) electrons. The first-order chi connectivity index (χ1) is 13.1. The van der Waals surface area contributed by atoms with Crippen LogP contribution in [0, 0.1) is 13.8 Å². The van der Waals surface area contributed by atoms with Crippen LogP contribution < -0.4 is 4.90 Å². The second-order valence-electron chi connectivity index (χ2n) is 7.20. The molecule has 0 saturated carbocycles. The molecule has 0 N–H and O–H groups in total. The molecule has 1 atom stereocenters. The second-order valence-corrected chi connectivity index (χ2v) is 7.20. The van der Waals surface area contributed by atoms with E-state index in [1.807, 2.05) is 30.7 Å². The number of aryl methyl sites for hydroxylation is 2.